The van der Waals surface area contributed by atoms with Crippen LogP contribution in [0.3, 0.4) is 0 Å². The van der Waals surface area contributed by atoms with Gasteiger partial charge in [-0.1, -0.05) is 13.3 Å². The number of hydrogen-bond donors (Lipinski definition) is 1. The van der Waals surface area contributed by atoms with Gasteiger partial charge in [0.15, 0.2) is 0 Å². The molecule has 1 aliphatic heterocycles. The summed E-state index contributed by atoms with van der Waals surface area (Å²) in [6, 6.07) is 0. The van der Waals surface area contributed by atoms with Crippen molar-refractivity contribution in [3.05, 3.63) is 12.4 Å². The molecule has 0 radical (unpaired) electrons. The first kappa shape index (κ1) is 13.8. The molecule has 1 rings (SSSR count). The smallest absolute Gasteiger partial charge is 0.338 e. The van der Waals surface area contributed by atoms with E-state index in [4.69, 9.17) is 14.7 Å². The number of unbranched alkanes of at least 4 members (excludes halogenated alkanes) is 1. The van der Waals surface area contributed by atoms with Gasteiger partial charge in [-0.2, -0.15) is 0 Å². The highest BCUT2D eigenvalue weighted by molar-refractivity contribution is 5.73. The third-order valence-corrected chi connectivity index (χ3v) is 2.32. The average molecular weight is 244 g/mol. The van der Waals surface area contributed by atoms with Gasteiger partial charge in [-0.25, -0.2) is 9.86 Å². The summed E-state index contributed by atoms with van der Waals surface area (Å²) in [6.45, 7) is 4.00. The first-order valence-electron chi connectivity index (χ1n) is 5.76. The van der Waals surface area contributed by atoms with Crippen molar-refractivity contribution in [1.29, 1.82) is 0 Å². The third kappa shape index (κ3) is 3.90. The minimum absolute atomic E-state index is 0.567. The molecular formula is C11H20N2O4. The van der Waals surface area contributed by atoms with Crippen LogP contribution in [0.1, 0.15) is 26.7 Å². The number of ether oxygens (including phenoxy) is 1. The average Bonchev–Trinajstić information content (AvgIpc) is 2.61. The molecule has 0 amide bonds. The Bertz CT molecular complexity index is 281. The highest BCUT2D eigenvalue weighted by Gasteiger charge is 2.29. The van der Waals surface area contributed by atoms with E-state index >= 15 is 0 Å². The summed E-state index contributed by atoms with van der Waals surface area (Å²) in [7, 11) is 1.76. The molecule has 0 aromatic rings. The van der Waals surface area contributed by atoms with E-state index in [9.17, 15) is 4.79 Å². The van der Waals surface area contributed by atoms with Gasteiger partial charge >= 0.3 is 5.97 Å². The van der Waals surface area contributed by atoms with Gasteiger partial charge in [-0.05, 0) is 13.3 Å². The normalized spacial score (nSPS) is 20.8. The van der Waals surface area contributed by atoms with Gasteiger partial charge in [0.25, 0.3) is 6.35 Å². The van der Waals surface area contributed by atoms with E-state index < -0.39 is 18.4 Å². The van der Waals surface area contributed by atoms with Crippen molar-refractivity contribution >= 4 is 5.97 Å². The van der Waals surface area contributed by atoms with Crippen LogP contribution >= 0.6 is 0 Å². The van der Waals surface area contributed by atoms with E-state index in [1.807, 2.05) is 0 Å². The van der Waals surface area contributed by atoms with Gasteiger partial charge in [0, 0.05) is 19.4 Å². The molecule has 0 aromatic carbocycles. The molecule has 0 aromatic heterocycles. The van der Waals surface area contributed by atoms with Crippen molar-refractivity contribution in [1.82, 2.24) is 9.96 Å². The van der Waals surface area contributed by atoms with Crippen LogP contribution in [0, 0.1) is 0 Å². The second kappa shape index (κ2) is 6.46. The molecule has 0 bridgehead atoms. The van der Waals surface area contributed by atoms with E-state index in [2.05, 4.69) is 6.92 Å². The zero-order valence-electron chi connectivity index (χ0n) is 10.5. The van der Waals surface area contributed by atoms with E-state index in [0.29, 0.717) is 6.61 Å². The lowest BCUT2D eigenvalue weighted by Gasteiger charge is -2.28. The quantitative estimate of drug-likeness (QED) is 0.546. The molecule has 6 nitrogen and oxygen atoms in total. The zero-order valence-corrected chi connectivity index (χ0v) is 10.5. The molecule has 0 aliphatic carbocycles. The molecule has 17 heavy (non-hydrogen) atoms. The van der Waals surface area contributed by atoms with Crippen LogP contribution < -0.4 is 0 Å². The fourth-order valence-electron chi connectivity index (χ4n) is 1.26. The van der Waals surface area contributed by atoms with Gasteiger partial charge in [0.1, 0.15) is 6.10 Å². The number of aliphatic hydroxyl groups is 1. The third-order valence-electron chi connectivity index (χ3n) is 2.32. The fraction of sp³-hybridized carbons (Fsp3) is 0.727. The number of nitrogens with zero attached hydrogens (tertiary/aromatic N) is 2. The SMILES string of the molecule is CCCCON1C=CN(C)C1OC(=O)C(C)O. The number of rotatable bonds is 6. The van der Waals surface area contributed by atoms with Gasteiger partial charge in [0.05, 0.1) is 6.61 Å². The van der Waals surface area contributed by atoms with Gasteiger partial charge in [0.2, 0.25) is 0 Å². The zero-order chi connectivity index (χ0) is 12.8. The highest BCUT2D eigenvalue weighted by atomic mass is 16.7. The Morgan fingerprint density at radius 2 is 2.24 bits per heavy atom. The maximum Gasteiger partial charge on any atom is 0.338 e. The summed E-state index contributed by atoms with van der Waals surface area (Å²) < 4.78 is 5.10. The molecule has 1 aliphatic rings. The van der Waals surface area contributed by atoms with Crippen LogP contribution in [0.2, 0.25) is 0 Å². The lowest BCUT2D eigenvalue weighted by atomic mass is 10.4. The first-order chi connectivity index (χ1) is 8.06. The summed E-state index contributed by atoms with van der Waals surface area (Å²) in [5, 5.41) is 10.6. The van der Waals surface area contributed by atoms with Gasteiger partial charge < -0.3 is 14.7 Å². The van der Waals surface area contributed by atoms with Crippen molar-refractivity contribution in [2.45, 2.75) is 39.1 Å². The molecule has 1 N–H and O–H groups in total. The van der Waals surface area contributed by atoms with Gasteiger partial charge in [-0.15, -0.1) is 0 Å². The highest BCUT2D eigenvalue weighted by Crippen LogP contribution is 2.16. The Hall–Kier alpha value is -1.27. The van der Waals surface area contributed by atoms with Crippen molar-refractivity contribution in [3.8, 4) is 0 Å². The molecule has 2 atom stereocenters. The van der Waals surface area contributed by atoms with Crippen molar-refractivity contribution in [3.63, 3.8) is 0 Å². The fourth-order valence-corrected chi connectivity index (χ4v) is 1.26. The van der Waals surface area contributed by atoms with E-state index in [1.54, 1.807) is 24.3 Å². The number of carbonyl (C=O) groups is 1. The number of hydrogen-bond acceptors (Lipinski definition) is 6. The van der Waals surface area contributed by atoms with Crippen LogP contribution in [0.5, 0.6) is 0 Å². The van der Waals surface area contributed by atoms with E-state index in [0.717, 1.165) is 12.8 Å². The molecule has 6 heteroatoms. The topological polar surface area (TPSA) is 62.2 Å². The summed E-state index contributed by atoms with van der Waals surface area (Å²) >= 11 is 0. The van der Waals surface area contributed by atoms with Crippen LogP contribution in [0.15, 0.2) is 12.4 Å². The minimum Gasteiger partial charge on any atom is -0.418 e. The molecule has 0 spiro atoms. The summed E-state index contributed by atoms with van der Waals surface area (Å²) in [4.78, 5) is 18.5. The molecule has 0 saturated carbocycles. The Labute approximate surface area is 101 Å². The van der Waals surface area contributed by atoms with E-state index in [1.165, 1.54) is 12.0 Å². The monoisotopic (exact) mass is 244 g/mol. The lowest BCUT2D eigenvalue weighted by molar-refractivity contribution is -0.245. The molecule has 0 saturated heterocycles. The molecule has 98 valence electrons. The Morgan fingerprint density at radius 3 is 2.82 bits per heavy atom. The van der Waals surface area contributed by atoms with Crippen LogP contribution in [-0.2, 0) is 14.4 Å². The molecule has 0 fully saturated rings. The maximum absolute atomic E-state index is 11.3. The number of aliphatic hydroxyl groups excluding tert-OH is 1. The molecular weight excluding hydrogens is 224 g/mol. The Morgan fingerprint density at radius 1 is 1.53 bits per heavy atom. The minimum atomic E-state index is -1.14. The largest absolute Gasteiger partial charge is 0.418 e. The van der Waals surface area contributed by atoms with Gasteiger partial charge in [-0.3, -0.25) is 4.84 Å². The predicted octanol–water partition coefficient (Wildman–Crippen LogP) is 0.644. The summed E-state index contributed by atoms with van der Waals surface area (Å²) in [5.41, 5.74) is 0. The van der Waals surface area contributed by atoms with Crippen molar-refractivity contribution in [2.75, 3.05) is 13.7 Å². The maximum atomic E-state index is 11.3. The summed E-state index contributed by atoms with van der Waals surface area (Å²) in [6.07, 6.45) is 3.62. The predicted molar refractivity (Wildman–Crippen MR) is 61.2 cm³/mol. The van der Waals surface area contributed by atoms with Crippen molar-refractivity contribution in [2.24, 2.45) is 0 Å². The number of hydroxylamine groups is 2. The molecule has 2 unspecified atom stereocenters. The Balaban J connectivity index is 2.46. The first-order valence-corrected chi connectivity index (χ1v) is 5.76. The van der Waals surface area contributed by atoms with E-state index in [-0.39, 0.29) is 0 Å². The number of esters is 1. The summed E-state index contributed by atoms with van der Waals surface area (Å²) in [5.74, 6) is -0.672. The van der Waals surface area contributed by atoms with Crippen molar-refractivity contribution < 1.29 is 19.5 Å². The van der Waals surface area contributed by atoms with Crippen LogP contribution in [-0.4, -0.2) is 47.1 Å². The number of carbonyl (C=O) groups excluding carboxylic acids is 1. The Kier molecular flexibility index (Phi) is 5.24. The van der Waals surface area contributed by atoms with Crippen LogP contribution in [0.25, 0.3) is 0 Å². The molecule has 1 heterocycles. The second-order valence-corrected chi connectivity index (χ2v) is 3.95. The lowest BCUT2D eigenvalue weighted by Crippen LogP contribution is -2.42. The standard InChI is InChI=1S/C11H20N2O4/c1-4-5-8-16-13-7-6-12(3)11(13)17-10(15)9(2)14/h6-7,9,11,14H,4-5,8H2,1-3H3. The second-order valence-electron chi connectivity index (χ2n) is 3.95. The van der Waals surface area contributed by atoms with Crippen LogP contribution in [0.4, 0.5) is 0 Å².